The van der Waals surface area contributed by atoms with E-state index in [1.165, 1.54) is 19.9 Å². The van der Waals surface area contributed by atoms with Gasteiger partial charge in [0.15, 0.2) is 0 Å². The molecule has 3 aliphatic rings. The first-order chi connectivity index (χ1) is 12.9. The summed E-state index contributed by atoms with van der Waals surface area (Å²) in [6, 6.07) is 4.00. The highest BCUT2D eigenvalue weighted by molar-refractivity contribution is 6.23. The van der Waals surface area contributed by atoms with E-state index in [2.05, 4.69) is 0 Å². The van der Waals surface area contributed by atoms with Crippen LogP contribution in [0.5, 0.6) is 0 Å². The third-order valence-electron chi connectivity index (χ3n) is 6.14. The molecule has 2 amide bonds. The van der Waals surface area contributed by atoms with Crippen molar-refractivity contribution in [3.63, 3.8) is 0 Å². The van der Waals surface area contributed by atoms with Crippen molar-refractivity contribution in [1.82, 2.24) is 0 Å². The molecule has 10 heteroatoms. The highest BCUT2D eigenvalue weighted by Gasteiger charge is 2.79. The number of fused-ring (bicyclic) bond motifs is 5. The summed E-state index contributed by atoms with van der Waals surface area (Å²) in [5, 5.41) is 29.5. The van der Waals surface area contributed by atoms with Gasteiger partial charge in [-0.15, -0.1) is 0 Å². The Hall–Kier alpha value is -2.48. The molecule has 3 fully saturated rings. The average Bonchev–Trinajstić information content (AvgIpc) is 3.10. The molecule has 0 aromatic heterocycles. The maximum absolute atomic E-state index is 13.3. The summed E-state index contributed by atoms with van der Waals surface area (Å²) in [6.07, 6.45) is -7.71. The van der Waals surface area contributed by atoms with Gasteiger partial charge in [-0.2, -0.15) is 18.4 Å². The molecule has 148 valence electrons. The zero-order valence-electron chi connectivity index (χ0n) is 14.7. The van der Waals surface area contributed by atoms with E-state index in [0.717, 1.165) is 12.1 Å². The highest BCUT2D eigenvalue weighted by atomic mass is 19.4. The minimum atomic E-state index is -4.85. The van der Waals surface area contributed by atoms with Crippen LogP contribution >= 0.6 is 0 Å². The summed E-state index contributed by atoms with van der Waals surface area (Å²) in [7, 11) is 0. The van der Waals surface area contributed by atoms with Gasteiger partial charge in [-0.25, -0.2) is 4.90 Å². The molecule has 3 aliphatic heterocycles. The number of carbonyl (C=O) groups is 2. The molecule has 7 nitrogen and oxygen atoms in total. The van der Waals surface area contributed by atoms with Crippen molar-refractivity contribution in [2.24, 2.45) is 11.8 Å². The lowest BCUT2D eigenvalue weighted by atomic mass is 9.66. The number of aliphatic hydroxyl groups is 2. The zero-order valence-corrected chi connectivity index (χ0v) is 14.7. The molecule has 1 aromatic rings. The second kappa shape index (κ2) is 5.31. The molecule has 28 heavy (non-hydrogen) atoms. The lowest BCUT2D eigenvalue weighted by molar-refractivity contribution is -0.138. The highest BCUT2D eigenvalue weighted by Crippen LogP contribution is 2.61. The van der Waals surface area contributed by atoms with Crippen LogP contribution in [0.3, 0.4) is 0 Å². The number of halogens is 3. The predicted octanol–water partition coefficient (Wildman–Crippen LogP) is 0.966. The van der Waals surface area contributed by atoms with Crippen molar-refractivity contribution in [1.29, 1.82) is 5.26 Å². The monoisotopic (exact) mass is 396 g/mol. The molecular formula is C18H15F3N2O5. The maximum Gasteiger partial charge on any atom is 0.417 e. The number of anilines is 1. The molecule has 0 spiro atoms. The van der Waals surface area contributed by atoms with E-state index in [4.69, 9.17) is 10.00 Å². The topological polar surface area (TPSA) is 111 Å². The number of hydrogen-bond donors (Lipinski definition) is 2. The van der Waals surface area contributed by atoms with Crippen molar-refractivity contribution in [3.8, 4) is 6.07 Å². The van der Waals surface area contributed by atoms with Crippen molar-refractivity contribution in [2.75, 3.05) is 4.90 Å². The first-order valence-electron chi connectivity index (χ1n) is 8.43. The van der Waals surface area contributed by atoms with Gasteiger partial charge < -0.3 is 14.9 Å². The Morgan fingerprint density at radius 1 is 1.11 bits per heavy atom. The molecule has 6 atom stereocenters. The van der Waals surface area contributed by atoms with Crippen LogP contribution in [0, 0.1) is 23.2 Å². The van der Waals surface area contributed by atoms with Crippen molar-refractivity contribution >= 4 is 17.5 Å². The Kier molecular flexibility index (Phi) is 3.58. The van der Waals surface area contributed by atoms with Gasteiger partial charge >= 0.3 is 6.18 Å². The van der Waals surface area contributed by atoms with Gasteiger partial charge in [0.2, 0.25) is 11.8 Å². The lowest BCUT2D eigenvalue weighted by Gasteiger charge is -2.35. The van der Waals surface area contributed by atoms with Crippen LogP contribution in [0.1, 0.15) is 25.0 Å². The molecule has 3 saturated heterocycles. The fourth-order valence-electron chi connectivity index (χ4n) is 4.80. The third kappa shape index (κ3) is 2.04. The molecule has 0 radical (unpaired) electrons. The average molecular weight is 396 g/mol. The Labute approximate surface area is 156 Å². The molecule has 4 rings (SSSR count). The third-order valence-corrected chi connectivity index (χ3v) is 6.14. The Morgan fingerprint density at radius 3 is 2.04 bits per heavy atom. The van der Waals surface area contributed by atoms with E-state index in [1.807, 2.05) is 0 Å². The van der Waals surface area contributed by atoms with E-state index in [0.29, 0.717) is 11.0 Å². The van der Waals surface area contributed by atoms with Crippen LogP contribution in [0.25, 0.3) is 0 Å². The fraction of sp³-hybridized carbons (Fsp3) is 0.500. The van der Waals surface area contributed by atoms with Gasteiger partial charge in [-0.1, -0.05) is 0 Å². The van der Waals surface area contributed by atoms with Crippen molar-refractivity contribution < 1.29 is 37.7 Å². The summed E-state index contributed by atoms with van der Waals surface area (Å²) < 4.78 is 45.5. The number of amides is 2. The first-order valence-corrected chi connectivity index (χ1v) is 8.43. The number of carbonyl (C=O) groups excluding carboxylic acids is 2. The molecule has 1 aromatic carbocycles. The van der Waals surface area contributed by atoms with Crippen molar-refractivity contribution in [3.05, 3.63) is 29.3 Å². The SMILES string of the molecule is CC12OC(C)([C@H](O)[C@H]1O)[C@H]1C(=O)N(c3ccc(C#N)c(C(F)(F)F)c3)C(=O)[C@H]12. The minimum absolute atomic E-state index is 0.327. The minimum Gasteiger partial charge on any atom is -0.387 e. The van der Waals surface area contributed by atoms with E-state index < -0.39 is 64.4 Å². The number of alkyl halides is 3. The number of ether oxygens (including phenoxy) is 1. The molecular weight excluding hydrogens is 381 g/mol. The predicted molar refractivity (Wildman–Crippen MR) is 85.5 cm³/mol. The number of benzene rings is 1. The quantitative estimate of drug-likeness (QED) is 0.685. The number of nitriles is 1. The van der Waals surface area contributed by atoms with Crippen LogP contribution < -0.4 is 4.90 Å². The molecule has 2 unspecified atom stereocenters. The number of rotatable bonds is 1. The molecule has 2 bridgehead atoms. The van der Waals surface area contributed by atoms with E-state index in [-0.39, 0.29) is 5.69 Å². The number of aliphatic hydroxyl groups excluding tert-OH is 2. The fourth-order valence-corrected chi connectivity index (χ4v) is 4.80. The van der Waals surface area contributed by atoms with E-state index in [9.17, 15) is 33.0 Å². The van der Waals surface area contributed by atoms with E-state index in [1.54, 1.807) is 0 Å². The Bertz CT molecular complexity index is 920. The summed E-state index contributed by atoms with van der Waals surface area (Å²) in [5.41, 5.74) is -5.31. The molecule has 0 saturated carbocycles. The summed E-state index contributed by atoms with van der Waals surface area (Å²) >= 11 is 0. The van der Waals surface area contributed by atoms with Crippen LogP contribution in [0.4, 0.5) is 18.9 Å². The number of nitrogens with zero attached hydrogens (tertiary/aromatic N) is 2. The number of imide groups is 1. The summed E-state index contributed by atoms with van der Waals surface area (Å²) in [6.45, 7) is 2.79. The second-order valence-corrected chi connectivity index (χ2v) is 7.67. The lowest BCUT2D eigenvalue weighted by Crippen LogP contribution is -2.57. The summed E-state index contributed by atoms with van der Waals surface area (Å²) in [4.78, 5) is 26.6. The normalized spacial score (nSPS) is 39.4. The van der Waals surface area contributed by atoms with E-state index >= 15 is 0 Å². The van der Waals surface area contributed by atoms with Crippen LogP contribution in [0.15, 0.2) is 18.2 Å². The van der Waals surface area contributed by atoms with Crippen LogP contribution in [-0.4, -0.2) is 45.4 Å². The van der Waals surface area contributed by atoms with Gasteiger partial charge in [-0.3, -0.25) is 9.59 Å². The van der Waals surface area contributed by atoms with Gasteiger partial charge in [0.1, 0.15) is 23.4 Å². The second-order valence-electron chi connectivity index (χ2n) is 7.67. The first kappa shape index (κ1) is 18.9. The Balaban J connectivity index is 1.82. The summed E-state index contributed by atoms with van der Waals surface area (Å²) in [5.74, 6) is -3.92. The molecule has 3 heterocycles. The smallest absolute Gasteiger partial charge is 0.387 e. The number of hydrogen-bond acceptors (Lipinski definition) is 6. The molecule has 2 N–H and O–H groups in total. The van der Waals surface area contributed by atoms with Gasteiger partial charge in [0, 0.05) is 0 Å². The molecule has 0 aliphatic carbocycles. The Morgan fingerprint density at radius 2 is 1.61 bits per heavy atom. The van der Waals surface area contributed by atoms with Crippen LogP contribution in [-0.2, 0) is 20.5 Å². The maximum atomic E-state index is 13.3. The standard InChI is InChI=1S/C18H15F3N2O5/c1-16-10-11(17(2,28-16)13(25)12(16)24)15(27)23(14(10)26)8-4-3-7(6-22)9(5-8)18(19,20)21/h3-5,10-13,24-25H,1-2H3/t10-,11+,12-,13-,16?,17?/m1/s1. The van der Waals surface area contributed by atoms with Gasteiger partial charge in [0.25, 0.3) is 0 Å². The largest absolute Gasteiger partial charge is 0.417 e. The van der Waals surface area contributed by atoms with Gasteiger partial charge in [-0.05, 0) is 32.0 Å². The van der Waals surface area contributed by atoms with Crippen molar-refractivity contribution in [2.45, 2.75) is 43.4 Å². The zero-order chi connectivity index (χ0) is 20.8. The van der Waals surface area contributed by atoms with Gasteiger partial charge in [0.05, 0.1) is 34.7 Å². The van der Waals surface area contributed by atoms with Crippen LogP contribution in [0.2, 0.25) is 0 Å².